The minimum absolute atomic E-state index is 0.00276. The Balaban J connectivity index is 2.00. The Morgan fingerprint density at radius 2 is 2.16 bits per heavy atom. The number of anilines is 1. The molecule has 96 valence electrons. The molecule has 0 amide bonds. The second-order valence-corrected chi connectivity index (χ2v) is 4.57. The van der Waals surface area contributed by atoms with E-state index in [-0.39, 0.29) is 11.5 Å². The fourth-order valence-corrected chi connectivity index (χ4v) is 2.07. The van der Waals surface area contributed by atoms with Crippen LogP contribution in [0.5, 0.6) is 0 Å². The summed E-state index contributed by atoms with van der Waals surface area (Å²) in [5, 5.41) is 15.3. The summed E-state index contributed by atoms with van der Waals surface area (Å²) in [5.41, 5.74) is 0.562. The summed E-state index contributed by atoms with van der Waals surface area (Å²) in [6.45, 7) is 0. The highest BCUT2D eigenvalue weighted by Crippen LogP contribution is 2.17. The minimum atomic E-state index is -0.467. The van der Waals surface area contributed by atoms with Crippen LogP contribution in [0.3, 0.4) is 0 Å². The lowest BCUT2D eigenvalue weighted by molar-refractivity contribution is -0.384. The third-order valence-electron chi connectivity index (χ3n) is 2.31. The third kappa shape index (κ3) is 3.49. The normalized spacial score (nSPS) is 10.5. The first-order valence-electron chi connectivity index (χ1n) is 5.42. The van der Waals surface area contributed by atoms with E-state index in [2.05, 4.69) is 5.32 Å². The van der Waals surface area contributed by atoms with Crippen LogP contribution in [0.15, 0.2) is 54.1 Å². The fourth-order valence-electron chi connectivity index (χ4n) is 1.42. The summed E-state index contributed by atoms with van der Waals surface area (Å²) in [7, 11) is 0. The van der Waals surface area contributed by atoms with Gasteiger partial charge in [-0.3, -0.25) is 14.9 Å². The van der Waals surface area contributed by atoms with Crippen LogP contribution in [0.2, 0.25) is 0 Å². The molecule has 1 aromatic heterocycles. The molecule has 5 nitrogen and oxygen atoms in total. The zero-order chi connectivity index (χ0) is 13.7. The van der Waals surface area contributed by atoms with Crippen LogP contribution in [0.25, 0.3) is 0 Å². The number of nitrogens with one attached hydrogen (secondary N) is 1. The lowest BCUT2D eigenvalue weighted by atomic mass is 10.3. The van der Waals surface area contributed by atoms with E-state index in [1.807, 2.05) is 5.38 Å². The third-order valence-corrected chi connectivity index (χ3v) is 3.19. The predicted octanol–water partition coefficient (Wildman–Crippen LogP) is 3.46. The van der Waals surface area contributed by atoms with Gasteiger partial charge in [-0.15, -0.1) is 11.3 Å². The molecule has 0 spiro atoms. The SMILES string of the molecule is O=C(/C=C\Nc1cccc([N+](=O)[O-])c1)c1cccs1. The van der Waals surface area contributed by atoms with Gasteiger partial charge in [-0.05, 0) is 17.5 Å². The Hall–Kier alpha value is -2.47. The van der Waals surface area contributed by atoms with E-state index in [9.17, 15) is 14.9 Å². The summed E-state index contributed by atoms with van der Waals surface area (Å²) in [5.74, 6) is -0.104. The molecule has 0 unspecified atom stereocenters. The molecule has 2 rings (SSSR count). The lowest BCUT2D eigenvalue weighted by Gasteiger charge is -1.99. The summed E-state index contributed by atoms with van der Waals surface area (Å²) in [4.78, 5) is 22.4. The van der Waals surface area contributed by atoms with Crippen molar-refractivity contribution in [2.24, 2.45) is 0 Å². The molecular formula is C13H10N2O3S. The first-order valence-corrected chi connectivity index (χ1v) is 6.30. The van der Waals surface area contributed by atoms with Crippen molar-refractivity contribution in [3.63, 3.8) is 0 Å². The van der Waals surface area contributed by atoms with Gasteiger partial charge in [0.15, 0.2) is 5.78 Å². The standard InChI is InChI=1S/C13H10N2O3S/c16-12(13-5-2-8-19-13)6-7-14-10-3-1-4-11(9-10)15(17)18/h1-9,14H/b7-6-. The highest BCUT2D eigenvalue weighted by molar-refractivity contribution is 7.12. The molecule has 0 saturated heterocycles. The minimum Gasteiger partial charge on any atom is -0.361 e. The van der Waals surface area contributed by atoms with Crippen LogP contribution in [0, 0.1) is 10.1 Å². The van der Waals surface area contributed by atoms with Crippen molar-refractivity contribution in [3.05, 3.63) is 69.0 Å². The van der Waals surface area contributed by atoms with Gasteiger partial charge in [0, 0.05) is 30.1 Å². The van der Waals surface area contributed by atoms with Crippen LogP contribution < -0.4 is 5.32 Å². The Morgan fingerprint density at radius 3 is 2.84 bits per heavy atom. The summed E-state index contributed by atoms with van der Waals surface area (Å²) < 4.78 is 0. The quantitative estimate of drug-likeness (QED) is 0.392. The molecule has 1 heterocycles. The Kier molecular flexibility index (Phi) is 4.04. The molecule has 0 saturated carbocycles. The van der Waals surface area contributed by atoms with Gasteiger partial charge >= 0.3 is 0 Å². The molecule has 0 aliphatic carbocycles. The van der Waals surface area contributed by atoms with Gasteiger partial charge in [0.25, 0.3) is 5.69 Å². The Bertz CT molecular complexity index is 621. The van der Waals surface area contributed by atoms with Crippen molar-refractivity contribution in [3.8, 4) is 0 Å². The number of nitro benzene ring substituents is 1. The fraction of sp³-hybridized carbons (Fsp3) is 0. The van der Waals surface area contributed by atoms with Gasteiger partial charge in [-0.25, -0.2) is 0 Å². The van der Waals surface area contributed by atoms with Crippen molar-refractivity contribution in [2.45, 2.75) is 0 Å². The molecule has 6 heteroatoms. The zero-order valence-electron chi connectivity index (χ0n) is 9.78. The number of carbonyl (C=O) groups is 1. The van der Waals surface area contributed by atoms with Crippen molar-refractivity contribution in [1.82, 2.24) is 0 Å². The maximum atomic E-state index is 11.6. The van der Waals surface area contributed by atoms with Crippen molar-refractivity contribution >= 4 is 28.5 Å². The topological polar surface area (TPSA) is 72.2 Å². The second kappa shape index (κ2) is 5.92. The van der Waals surface area contributed by atoms with Crippen molar-refractivity contribution in [1.29, 1.82) is 0 Å². The molecule has 19 heavy (non-hydrogen) atoms. The van der Waals surface area contributed by atoms with Crippen molar-refractivity contribution in [2.75, 3.05) is 5.32 Å². The van der Waals surface area contributed by atoms with E-state index in [1.54, 1.807) is 24.3 Å². The molecule has 2 aromatic rings. The molecular weight excluding hydrogens is 264 g/mol. The van der Waals surface area contributed by atoms with Gasteiger partial charge in [-0.1, -0.05) is 12.1 Å². The Labute approximate surface area is 113 Å². The van der Waals surface area contributed by atoms with Gasteiger partial charge in [0.05, 0.1) is 9.80 Å². The average molecular weight is 274 g/mol. The van der Waals surface area contributed by atoms with Crippen LogP contribution in [-0.2, 0) is 0 Å². The highest BCUT2D eigenvalue weighted by Gasteiger charge is 2.05. The number of hydrogen-bond acceptors (Lipinski definition) is 5. The van der Waals surface area contributed by atoms with Gasteiger partial charge in [0.1, 0.15) is 0 Å². The molecule has 0 aliphatic heterocycles. The van der Waals surface area contributed by atoms with Crippen LogP contribution in [-0.4, -0.2) is 10.7 Å². The molecule has 0 bridgehead atoms. The number of allylic oxidation sites excluding steroid dienone is 1. The van der Waals surface area contributed by atoms with Gasteiger partial charge < -0.3 is 5.32 Å². The number of benzene rings is 1. The first-order chi connectivity index (χ1) is 9.16. The Morgan fingerprint density at radius 1 is 1.32 bits per heavy atom. The summed E-state index contributed by atoms with van der Waals surface area (Å²) in [6.07, 6.45) is 2.87. The maximum Gasteiger partial charge on any atom is 0.271 e. The monoisotopic (exact) mass is 274 g/mol. The van der Waals surface area contributed by atoms with E-state index in [4.69, 9.17) is 0 Å². The number of nitrogens with zero attached hydrogens (tertiary/aromatic N) is 1. The summed E-state index contributed by atoms with van der Waals surface area (Å²) >= 11 is 1.37. The van der Waals surface area contributed by atoms with E-state index in [0.29, 0.717) is 10.6 Å². The number of nitro groups is 1. The number of non-ortho nitro benzene ring substituents is 1. The maximum absolute atomic E-state index is 11.6. The van der Waals surface area contributed by atoms with Gasteiger partial charge in [-0.2, -0.15) is 0 Å². The average Bonchev–Trinajstić information content (AvgIpc) is 2.93. The first kappa shape index (κ1) is 13.0. The van der Waals surface area contributed by atoms with E-state index >= 15 is 0 Å². The lowest BCUT2D eigenvalue weighted by Crippen LogP contribution is -1.94. The molecule has 0 aliphatic rings. The summed E-state index contributed by atoms with van der Waals surface area (Å²) in [6, 6.07) is 9.62. The highest BCUT2D eigenvalue weighted by atomic mass is 32.1. The molecule has 1 N–H and O–H groups in total. The van der Waals surface area contributed by atoms with Gasteiger partial charge in [0.2, 0.25) is 0 Å². The van der Waals surface area contributed by atoms with Crippen LogP contribution >= 0.6 is 11.3 Å². The number of hydrogen-bond donors (Lipinski definition) is 1. The van der Waals surface area contributed by atoms with Crippen LogP contribution in [0.4, 0.5) is 11.4 Å². The van der Waals surface area contributed by atoms with E-state index < -0.39 is 4.92 Å². The number of ketones is 1. The molecule has 0 fully saturated rings. The number of carbonyl (C=O) groups excluding carboxylic acids is 1. The smallest absolute Gasteiger partial charge is 0.271 e. The molecule has 1 aromatic carbocycles. The number of thiophene rings is 1. The van der Waals surface area contributed by atoms with E-state index in [0.717, 1.165) is 0 Å². The number of rotatable bonds is 5. The molecule has 0 radical (unpaired) electrons. The van der Waals surface area contributed by atoms with Crippen molar-refractivity contribution < 1.29 is 9.72 Å². The zero-order valence-corrected chi connectivity index (χ0v) is 10.6. The second-order valence-electron chi connectivity index (χ2n) is 3.63. The van der Waals surface area contributed by atoms with Crippen LogP contribution in [0.1, 0.15) is 9.67 Å². The largest absolute Gasteiger partial charge is 0.361 e. The molecule has 0 atom stereocenters. The van der Waals surface area contributed by atoms with E-state index in [1.165, 1.54) is 35.7 Å². The predicted molar refractivity (Wildman–Crippen MR) is 74.5 cm³/mol.